The van der Waals surface area contributed by atoms with E-state index in [9.17, 15) is 4.79 Å². The van der Waals surface area contributed by atoms with Crippen LogP contribution in [-0.2, 0) is 22.7 Å². The third-order valence-corrected chi connectivity index (χ3v) is 5.20. The van der Waals surface area contributed by atoms with Crippen molar-refractivity contribution in [1.82, 2.24) is 9.88 Å². The summed E-state index contributed by atoms with van der Waals surface area (Å²) in [6.07, 6.45) is 7.14. The van der Waals surface area contributed by atoms with E-state index in [0.717, 1.165) is 36.8 Å². The van der Waals surface area contributed by atoms with E-state index in [0.29, 0.717) is 37.3 Å². The van der Waals surface area contributed by atoms with Gasteiger partial charge in [0.15, 0.2) is 11.5 Å². The quantitative estimate of drug-likeness (QED) is 0.701. The summed E-state index contributed by atoms with van der Waals surface area (Å²) >= 11 is 0. The van der Waals surface area contributed by atoms with Crippen LogP contribution in [0.25, 0.3) is 0 Å². The summed E-state index contributed by atoms with van der Waals surface area (Å²) in [6.45, 7) is 1.69. The first kappa shape index (κ1) is 18.7. The first-order chi connectivity index (χ1) is 13.7. The van der Waals surface area contributed by atoms with Crippen LogP contribution in [0.1, 0.15) is 36.8 Å². The van der Waals surface area contributed by atoms with Gasteiger partial charge in [0.25, 0.3) is 5.91 Å². The molecule has 28 heavy (non-hydrogen) atoms. The van der Waals surface area contributed by atoms with E-state index in [1.165, 1.54) is 0 Å². The SMILES string of the molecule is COc1ccc(CN(C(=O)[C@@H]2CCCO2)C2CC2)cc1OCc1ccncc1. The molecule has 2 aliphatic rings. The third-order valence-electron chi connectivity index (χ3n) is 5.20. The summed E-state index contributed by atoms with van der Waals surface area (Å²) in [7, 11) is 1.63. The first-order valence-corrected chi connectivity index (χ1v) is 9.85. The van der Waals surface area contributed by atoms with Crippen molar-refractivity contribution in [2.75, 3.05) is 13.7 Å². The van der Waals surface area contributed by atoms with E-state index in [2.05, 4.69) is 4.98 Å². The molecule has 2 fully saturated rings. The van der Waals surface area contributed by atoms with Crippen LogP contribution in [0.5, 0.6) is 11.5 Å². The van der Waals surface area contributed by atoms with Gasteiger partial charge in [0.1, 0.15) is 12.7 Å². The summed E-state index contributed by atoms with van der Waals surface area (Å²) in [5.41, 5.74) is 2.07. The molecular formula is C22H26N2O4. The van der Waals surface area contributed by atoms with Gasteiger partial charge in [0, 0.05) is 31.6 Å². The zero-order chi connectivity index (χ0) is 19.3. The highest BCUT2D eigenvalue weighted by molar-refractivity contribution is 5.81. The lowest BCUT2D eigenvalue weighted by atomic mass is 10.1. The largest absolute Gasteiger partial charge is 0.493 e. The monoisotopic (exact) mass is 382 g/mol. The molecule has 0 unspecified atom stereocenters. The Labute approximate surface area is 165 Å². The molecule has 2 heterocycles. The number of carbonyl (C=O) groups excluding carboxylic acids is 1. The lowest BCUT2D eigenvalue weighted by Gasteiger charge is -2.25. The van der Waals surface area contributed by atoms with Crippen molar-refractivity contribution in [2.45, 2.75) is 51.0 Å². The van der Waals surface area contributed by atoms with E-state index in [4.69, 9.17) is 14.2 Å². The number of hydrogen-bond acceptors (Lipinski definition) is 5. The van der Waals surface area contributed by atoms with Crippen LogP contribution in [0.2, 0.25) is 0 Å². The molecule has 6 nitrogen and oxygen atoms in total. The van der Waals surface area contributed by atoms with Gasteiger partial charge in [-0.25, -0.2) is 0 Å². The second-order valence-electron chi connectivity index (χ2n) is 7.33. The van der Waals surface area contributed by atoms with Crippen molar-refractivity contribution < 1.29 is 19.0 Å². The second kappa shape index (κ2) is 8.61. The molecule has 1 aromatic heterocycles. The molecular weight excluding hydrogens is 356 g/mol. The van der Waals surface area contributed by atoms with E-state index in [1.807, 2.05) is 35.2 Å². The van der Waals surface area contributed by atoms with Gasteiger partial charge >= 0.3 is 0 Å². The Hall–Kier alpha value is -2.60. The zero-order valence-corrected chi connectivity index (χ0v) is 16.2. The van der Waals surface area contributed by atoms with Gasteiger partial charge in [-0.05, 0) is 61.1 Å². The van der Waals surface area contributed by atoms with Gasteiger partial charge in [-0.2, -0.15) is 0 Å². The Balaban J connectivity index is 1.48. The zero-order valence-electron chi connectivity index (χ0n) is 16.2. The number of carbonyl (C=O) groups is 1. The Morgan fingerprint density at radius 2 is 1.96 bits per heavy atom. The predicted molar refractivity (Wildman–Crippen MR) is 104 cm³/mol. The van der Waals surface area contributed by atoms with E-state index in [1.54, 1.807) is 19.5 Å². The maximum Gasteiger partial charge on any atom is 0.252 e. The second-order valence-corrected chi connectivity index (χ2v) is 7.33. The van der Waals surface area contributed by atoms with Crippen LogP contribution in [0, 0.1) is 0 Å². The summed E-state index contributed by atoms with van der Waals surface area (Å²) in [5.74, 6) is 1.48. The third kappa shape index (κ3) is 4.44. The first-order valence-electron chi connectivity index (χ1n) is 9.85. The molecule has 1 aliphatic carbocycles. The molecule has 1 saturated heterocycles. The number of aromatic nitrogens is 1. The lowest BCUT2D eigenvalue weighted by molar-refractivity contribution is -0.142. The maximum atomic E-state index is 12.9. The van der Waals surface area contributed by atoms with Crippen molar-refractivity contribution in [2.24, 2.45) is 0 Å². The van der Waals surface area contributed by atoms with Crippen molar-refractivity contribution in [3.8, 4) is 11.5 Å². The minimum atomic E-state index is -0.277. The Kier molecular flexibility index (Phi) is 5.76. The number of nitrogens with zero attached hydrogens (tertiary/aromatic N) is 2. The highest BCUT2D eigenvalue weighted by Gasteiger charge is 2.37. The molecule has 1 atom stereocenters. The molecule has 0 N–H and O–H groups in total. The molecule has 0 radical (unpaired) electrons. The average Bonchev–Trinajstić information content (AvgIpc) is 3.43. The fraction of sp³-hybridized carbons (Fsp3) is 0.455. The standard InChI is InChI=1S/C22H26N2O4/c1-26-19-7-4-17(13-21(19)28-15-16-8-10-23-11-9-16)14-24(18-5-6-18)22(25)20-3-2-12-27-20/h4,7-11,13,18,20H,2-3,5-6,12,14-15H2,1H3/t20-/m0/s1. The van der Waals surface area contributed by atoms with Crippen LogP contribution in [0.3, 0.4) is 0 Å². The van der Waals surface area contributed by atoms with Crippen molar-refractivity contribution in [3.63, 3.8) is 0 Å². The van der Waals surface area contributed by atoms with Crippen LogP contribution in [0.4, 0.5) is 0 Å². The van der Waals surface area contributed by atoms with E-state index >= 15 is 0 Å². The van der Waals surface area contributed by atoms with Crippen molar-refractivity contribution in [3.05, 3.63) is 53.9 Å². The number of benzene rings is 1. The van der Waals surface area contributed by atoms with Crippen molar-refractivity contribution in [1.29, 1.82) is 0 Å². The molecule has 0 bridgehead atoms. The van der Waals surface area contributed by atoms with Gasteiger partial charge < -0.3 is 19.1 Å². The highest BCUT2D eigenvalue weighted by Crippen LogP contribution is 2.33. The Bertz CT molecular complexity index is 801. The normalized spacial score (nSPS) is 18.7. The number of pyridine rings is 1. The molecule has 1 aromatic carbocycles. The minimum Gasteiger partial charge on any atom is -0.493 e. The Morgan fingerprint density at radius 3 is 2.64 bits per heavy atom. The molecule has 0 spiro atoms. The number of rotatable bonds is 8. The highest BCUT2D eigenvalue weighted by atomic mass is 16.5. The molecule has 1 amide bonds. The maximum absolute atomic E-state index is 12.9. The van der Waals surface area contributed by atoms with Gasteiger partial charge in [0.2, 0.25) is 0 Å². The van der Waals surface area contributed by atoms with Crippen LogP contribution in [0.15, 0.2) is 42.7 Å². The molecule has 2 aromatic rings. The predicted octanol–water partition coefficient (Wildman–Crippen LogP) is 3.34. The average molecular weight is 382 g/mol. The Morgan fingerprint density at radius 1 is 1.14 bits per heavy atom. The summed E-state index contributed by atoms with van der Waals surface area (Å²) in [5, 5.41) is 0. The van der Waals surface area contributed by atoms with E-state index < -0.39 is 0 Å². The summed E-state index contributed by atoms with van der Waals surface area (Å²) < 4.78 is 17.1. The summed E-state index contributed by atoms with van der Waals surface area (Å²) in [6, 6.07) is 10.0. The molecule has 6 heteroatoms. The topological polar surface area (TPSA) is 60.9 Å². The minimum absolute atomic E-state index is 0.120. The van der Waals surface area contributed by atoms with Gasteiger partial charge in [-0.1, -0.05) is 6.07 Å². The molecule has 1 aliphatic heterocycles. The molecule has 148 valence electrons. The van der Waals surface area contributed by atoms with Crippen molar-refractivity contribution >= 4 is 5.91 Å². The number of hydrogen-bond donors (Lipinski definition) is 0. The van der Waals surface area contributed by atoms with Gasteiger partial charge in [-0.3, -0.25) is 9.78 Å². The number of amides is 1. The van der Waals surface area contributed by atoms with Crippen LogP contribution in [-0.4, -0.2) is 41.7 Å². The fourth-order valence-electron chi connectivity index (χ4n) is 3.50. The van der Waals surface area contributed by atoms with Gasteiger partial charge in [-0.15, -0.1) is 0 Å². The van der Waals surface area contributed by atoms with E-state index in [-0.39, 0.29) is 12.0 Å². The lowest BCUT2D eigenvalue weighted by Crippen LogP contribution is -2.39. The molecule has 1 saturated carbocycles. The molecule has 4 rings (SSSR count). The fourth-order valence-corrected chi connectivity index (χ4v) is 3.50. The van der Waals surface area contributed by atoms with Crippen LogP contribution < -0.4 is 9.47 Å². The van der Waals surface area contributed by atoms with Crippen LogP contribution >= 0.6 is 0 Å². The number of ether oxygens (including phenoxy) is 3. The van der Waals surface area contributed by atoms with Gasteiger partial charge in [0.05, 0.1) is 7.11 Å². The summed E-state index contributed by atoms with van der Waals surface area (Å²) in [4.78, 5) is 18.9. The smallest absolute Gasteiger partial charge is 0.252 e. The number of methoxy groups -OCH3 is 1.